The number of hydrogen-bond donors (Lipinski definition) is 0. The van der Waals surface area contributed by atoms with Crippen LogP contribution in [0.4, 0.5) is 4.39 Å². The molecular weight excluding hydrogens is 317 g/mol. The minimum Gasteiger partial charge on any atom is -0.239 e. The molecule has 1 aliphatic rings. The molecule has 6 heteroatoms. The molecule has 0 saturated heterocycles. The third kappa shape index (κ3) is 3.24. The molecule has 0 radical (unpaired) electrons. The summed E-state index contributed by atoms with van der Waals surface area (Å²) in [6.45, 7) is 0. The first-order valence-corrected chi connectivity index (χ1v) is 7.82. The molecule has 0 amide bonds. The summed E-state index contributed by atoms with van der Waals surface area (Å²) < 4.78 is 15.3. The van der Waals surface area contributed by atoms with Crippen LogP contribution in [0.25, 0.3) is 5.69 Å². The van der Waals surface area contributed by atoms with E-state index >= 15 is 0 Å². The molecule has 2 heterocycles. The molecule has 1 saturated carbocycles. The second-order valence-corrected chi connectivity index (χ2v) is 5.78. The maximum absolute atomic E-state index is 13.7. The van der Waals surface area contributed by atoms with Gasteiger partial charge in [-0.2, -0.15) is 10.4 Å². The van der Waals surface area contributed by atoms with Crippen LogP contribution in [0.2, 0.25) is 0 Å². The zero-order chi connectivity index (χ0) is 17.2. The Hall–Kier alpha value is -3.51. The SMILES string of the molecule is N#Cc1cc(F)cc(-n2cc(C#Cc3ncccn3)c(C3CC3)n2)c1. The maximum Gasteiger partial charge on any atom is 0.205 e. The topological polar surface area (TPSA) is 67.4 Å². The van der Waals surface area contributed by atoms with Crippen molar-refractivity contribution in [1.82, 2.24) is 19.7 Å². The van der Waals surface area contributed by atoms with Gasteiger partial charge in [-0.25, -0.2) is 19.0 Å². The number of aromatic nitrogens is 4. The summed E-state index contributed by atoms with van der Waals surface area (Å²) in [4.78, 5) is 8.17. The van der Waals surface area contributed by atoms with E-state index in [0.29, 0.717) is 17.4 Å². The number of benzene rings is 1. The minimum atomic E-state index is -0.470. The number of hydrogen-bond acceptors (Lipinski definition) is 4. The van der Waals surface area contributed by atoms with Gasteiger partial charge < -0.3 is 0 Å². The molecule has 0 N–H and O–H groups in total. The summed E-state index contributed by atoms with van der Waals surface area (Å²) in [5.41, 5.74) is 2.43. The van der Waals surface area contributed by atoms with E-state index in [0.717, 1.165) is 24.1 Å². The predicted octanol–water partition coefficient (Wildman–Crippen LogP) is 2.95. The van der Waals surface area contributed by atoms with Gasteiger partial charge in [-0.15, -0.1) is 0 Å². The fraction of sp³-hybridized carbons (Fsp3) is 0.158. The van der Waals surface area contributed by atoms with E-state index in [1.54, 1.807) is 35.4 Å². The van der Waals surface area contributed by atoms with Crippen molar-refractivity contribution in [2.24, 2.45) is 0 Å². The van der Waals surface area contributed by atoms with Crippen molar-refractivity contribution in [3.05, 3.63) is 71.3 Å². The molecule has 4 rings (SSSR count). The zero-order valence-corrected chi connectivity index (χ0v) is 13.1. The van der Waals surface area contributed by atoms with Gasteiger partial charge in [0.15, 0.2) is 0 Å². The van der Waals surface area contributed by atoms with Crippen molar-refractivity contribution in [3.63, 3.8) is 0 Å². The van der Waals surface area contributed by atoms with Gasteiger partial charge in [-0.3, -0.25) is 0 Å². The van der Waals surface area contributed by atoms with Gasteiger partial charge in [-0.1, -0.05) is 5.92 Å². The minimum absolute atomic E-state index is 0.254. The van der Waals surface area contributed by atoms with Crippen LogP contribution >= 0.6 is 0 Å². The fourth-order valence-electron chi connectivity index (χ4n) is 2.53. The molecule has 0 atom stereocenters. The molecule has 5 nitrogen and oxygen atoms in total. The van der Waals surface area contributed by atoms with Crippen LogP contribution in [0, 0.1) is 29.0 Å². The second-order valence-electron chi connectivity index (χ2n) is 5.78. The maximum atomic E-state index is 13.7. The molecule has 0 bridgehead atoms. The smallest absolute Gasteiger partial charge is 0.205 e. The Morgan fingerprint density at radius 2 is 1.92 bits per heavy atom. The highest BCUT2D eigenvalue weighted by Gasteiger charge is 2.29. The lowest BCUT2D eigenvalue weighted by Crippen LogP contribution is -1.97. The number of nitriles is 1. The second kappa shape index (κ2) is 6.18. The highest BCUT2D eigenvalue weighted by Crippen LogP contribution is 2.40. The standard InChI is InChI=1S/C19H12FN5/c20-16-8-13(11-21)9-17(10-16)25-12-15(19(24-25)14-2-3-14)4-5-18-22-6-1-7-23-18/h1,6-10,12,14H,2-3H2. The molecular formula is C19H12FN5. The van der Waals surface area contributed by atoms with E-state index in [9.17, 15) is 4.39 Å². The molecule has 3 aromatic rings. The van der Waals surface area contributed by atoms with E-state index in [2.05, 4.69) is 26.9 Å². The third-order valence-corrected chi connectivity index (χ3v) is 3.86. The van der Waals surface area contributed by atoms with E-state index in [1.807, 2.05) is 6.07 Å². The Morgan fingerprint density at radius 3 is 2.64 bits per heavy atom. The molecule has 0 unspecified atom stereocenters. The summed E-state index contributed by atoms with van der Waals surface area (Å²) in [5, 5.41) is 13.6. The van der Waals surface area contributed by atoms with Crippen LogP contribution in [-0.2, 0) is 0 Å². The molecule has 0 aliphatic heterocycles. The van der Waals surface area contributed by atoms with Crippen LogP contribution in [0.1, 0.15) is 41.4 Å². The van der Waals surface area contributed by atoms with Gasteiger partial charge in [0.05, 0.1) is 28.6 Å². The van der Waals surface area contributed by atoms with Crippen molar-refractivity contribution in [3.8, 4) is 23.6 Å². The van der Waals surface area contributed by atoms with Crippen LogP contribution in [0.3, 0.4) is 0 Å². The van der Waals surface area contributed by atoms with Gasteiger partial charge in [0, 0.05) is 24.5 Å². The third-order valence-electron chi connectivity index (χ3n) is 3.86. The first kappa shape index (κ1) is 15.0. The summed E-state index contributed by atoms with van der Waals surface area (Å²) >= 11 is 0. The van der Waals surface area contributed by atoms with Crippen molar-refractivity contribution < 1.29 is 4.39 Å². The Morgan fingerprint density at radius 1 is 1.12 bits per heavy atom. The molecule has 120 valence electrons. The monoisotopic (exact) mass is 329 g/mol. The Balaban J connectivity index is 1.76. The molecule has 2 aromatic heterocycles. The lowest BCUT2D eigenvalue weighted by Gasteiger charge is -2.02. The van der Waals surface area contributed by atoms with E-state index in [-0.39, 0.29) is 5.56 Å². The van der Waals surface area contributed by atoms with Crippen LogP contribution in [0.15, 0.2) is 42.9 Å². The van der Waals surface area contributed by atoms with Crippen molar-refractivity contribution in [2.75, 3.05) is 0 Å². The summed E-state index contributed by atoms with van der Waals surface area (Å²) in [5.74, 6) is 6.35. The Bertz CT molecular complexity index is 1030. The quantitative estimate of drug-likeness (QED) is 0.678. The highest BCUT2D eigenvalue weighted by atomic mass is 19.1. The number of halogens is 1. The molecule has 1 aliphatic carbocycles. The van der Waals surface area contributed by atoms with Crippen molar-refractivity contribution >= 4 is 0 Å². The first-order chi connectivity index (χ1) is 12.2. The highest BCUT2D eigenvalue weighted by molar-refractivity contribution is 5.47. The van der Waals surface area contributed by atoms with Gasteiger partial charge >= 0.3 is 0 Å². The summed E-state index contributed by atoms with van der Waals surface area (Å²) in [6.07, 6.45) is 7.18. The zero-order valence-electron chi connectivity index (χ0n) is 13.1. The number of rotatable bonds is 2. The largest absolute Gasteiger partial charge is 0.239 e. The first-order valence-electron chi connectivity index (χ1n) is 7.82. The Labute approximate surface area is 143 Å². The van der Waals surface area contributed by atoms with E-state index < -0.39 is 5.82 Å². The molecule has 25 heavy (non-hydrogen) atoms. The molecule has 1 aromatic carbocycles. The molecule has 1 fully saturated rings. The lowest BCUT2D eigenvalue weighted by atomic mass is 10.2. The fourth-order valence-corrected chi connectivity index (χ4v) is 2.53. The average Bonchev–Trinajstić information content (AvgIpc) is 3.39. The van der Waals surface area contributed by atoms with Crippen molar-refractivity contribution in [2.45, 2.75) is 18.8 Å². The average molecular weight is 329 g/mol. The van der Waals surface area contributed by atoms with E-state index in [1.165, 1.54) is 12.1 Å². The summed E-state index contributed by atoms with van der Waals surface area (Å²) in [7, 11) is 0. The van der Waals surface area contributed by atoms with Crippen LogP contribution in [-0.4, -0.2) is 19.7 Å². The van der Waals surface area contributed by atoms with Gasteiger partial charge in [0.25, 0.3) is 0 Å². The van der Waals surface area contributed by atoms with Crippen molar-refractivity contribution in [1.29, 1.82) is 5.26 Å². The normalized spacial score (nSPS) is 13.0. The van der Waals surface area contributed by atoms with Gasteiger partial charge in [-0.05, 0) is 43.0 Å². The Kier molecular flexibility index (Phi) is 3.72. The summed E-state index contributed by atoms with van der Waals surface area (Å²) in [6, 6.07) is 7.83. The van der Waals surface area contributed by atoms with Crippen LogP contribution in [0.5, 0.6) is 0 Å². The van der Waals surface area contributed by atoms with Gasteiger partial charge in [0.2, 0.25) is 5.82 Å². The predicted molar refractivity (Wildman–Crippen MR) is 88.2 cm³/mol. The number of nitrogens with zero attached hydrogens (tertiary/aromatic N) is 5. The molecule has 0 spiro atoms. The van der Waals surface area contributed by atoms with Crippen LogP contribution < -0.4 is 0 Å². The lowest BCUT2D eigenvalue weighted by molar-refractivity contribution is 0.624. The van der Waals surface area contributed by atoms with E-state index in [4.69, 9.17) is 5.26 Å². The van der Waals surface area contributed by atoms with Gasteiger partial charge in [0.1, 0.15) is 5.82 Å².